The summed E-state index contributed by atoms with van der Waals surface area (Å²) in [5.41, 5.74) is 0.705. The summed E-state index contributed by atoms with van der Waals surface area (Å²) < 4.78 is 5.55. The Hall–Kier alpha value is -1.43. The van der Waals surface area contributed by atoms with Crippen molar-refractivity contribution in [2.75, 3.05) is 13.1 Å². The van der Waals surface area contributed by atoms with E-state index in [2.05, 4.69) is 17.2 Å². The first kappa shape index (κ1) is 11.1. The van der Waals surface area contributed by atoms with E-state index in [1.807, 2.05) is 31.2 Å². The molecule has 1 aromatic heterocycles. The maximum Gasteiger partial charge on any atom is 0.178 e. The third kappa shape index (κ3) is 2.38. The molecule has 2 aromatic rings. The van der Waals surface area contributed by atoms with Gasteiger partial charge in [0.1, 0.15) is 0 Å². The maximum atomic E-state index is 6.00. The highest BCUT2D eigenvalue weighted by atomic mass is 35.5. The largest absolute Gasteiger partial charge is 0.446 e. The van der Waals surface area contributed by atoms with Gasteiger partial charge in [-0.05, 0) is 18.5 Å². The van der Waals surface area contributed by atoms with Gasteiger partial charge in [-0.25, -0.2) is 0 Å². The van der Waals surface area contributed by atoms with Crippen LogP contribution in [0.4, 0.5) is 0 Å². The normalized spacial score (nSPS) is 10.1. The van der Waals surface area contributed by atoms with Crippen molar-refractivity contribution in [2.24, 2.45) is 0 Å². The molecule has 0 aliphatic rings. The Bertz CT molecular complexity index is 548. The van der Waals surface area contributed by atoms with E-state index in [4.69, 9.17) is 16.0 Å². The highest BCUT2D eigenvalue weighted by molar-refractivity contribution is 6.34. The van der Waals surface area contributed by atoms with Gasteiger partial charge in [-0.3, -0.25) is 0 Å². The first-order valence-corrected chi connectivity index (χ1v) is 5.56. The summed E-state index contributed by atoms with van der Waals surface area (Å²) in [5.74, 6) is 6.60. The van der Waals surface area contributed by atoms with Crippen LogP contribution in [0.15, 0.2) is 28.7 Å². The Morgan fingerprint density at radius 3 is 3.06 bits per heavy atom. The second-order valence-electron chi connectivity index (χ2n) is 3.35. The van der Waals surface area contributed by atoms with Crippen molar-refractivity contribution in [3.63, 3.8) is 0 Å². The summed E-state index contributed by atoms with van der Waals surface area (Å²) in [7, 11) is 0. The molecule has 1 N–H and O–H groups in total. The summed E-state index contributed by atoms with van der Waals surface area (Å²) in [4.78, 5) is 0. The SMILES string of the molecule is CCNCC#Cc1cc2cccc(Cl)c2o1. The second kappa shape index (κ2) is 5.07. The molecule has 0 amide bonds. The summed E-state index contributed by atoms with van der Waals surface area (Å²) in [5, 5.41) is 4.73. The third-order valence-corrected chi connectivity index (χ3v) is 2.47. The van der Waals surface area contributed by atoms with E-state index >= 15 is 0 Å². The third-order valence-electron chi connectivity index (χ3n) is 2.17. The molecule has 82 valence electrons. The van der Waals surface area contributed by atoms with E-state index < -0.39 is 0 Å². The highest BCUT2D eigenvalue weighted by Gasteiger charge is 2.04. The van der Waals surface area contributed by atoms with Crippen molar-refractivity contribution < 1.29 is 4.42 Å². The van der Waals surface area contributed by atoms with Crippen LogP contribution in [0.1, 0.15) is 12.7 Å². The van der Waals surface area contributed by atoms with Crippen LogP contribution in [-0.2, 0) is 0 Å². The molecule has 0 aliphatic carbocycles. The van der Waals surface area contributed by atoms with Crippen molar-refractivity contribution in [2.45, 2.75) is 6.92 Å². The molecule has 2 rings (SSSR count). The molecule has 1 aromatic carbocycles. The summed E-state index contributed by atoms with van der Waals surface area (Å²) >= 11 is 6.00. The average molecular weight is 234 g/mol. The molecule has 1 heterocycles. The molecule has 0 aliphatic heterocycles. The fourth-order valence-electron chi connectivity index (χ4n) is 1.41. The van der Waals surface area contributed by atoms with Crippen molar-refractivity contribution in [1.82, 2.24) is 5.32 Å². The molecule has 0 saturated carbocycles. The molecule has 0 saturated heterocycles. The first-order chi connectivity index (χ1) is 7.81. The Morgan fingerprint density at radius 1 is 1.44 bits per heavy atom. The Morgan fingerprint density at radius 2 is 2.31 bits per heavy atom. The van der Waals surface area contributed by atoms with E-state index in [-0.39, 0.29) is 0 Å². The number of rotatable bonds is 2. The molecular weight excluding hydrogens is 222 g/mol. The fourth-order valence-corrected chi connectivity index (χ4v) is 1.63. The van der Waals surface area contributed by atoms with Gasteiger partial charge in [0.05, 0.1) is 11.6 Å². The summed E-state index contributed by atoms with van der Waals surface area (Å²) in [6.45, 7) is 3.63. The number of hydrogen-bond donors (Lipinski definition) is 1. The van der Waals surface area contributed by atoms with Crippen LogP contribution in [0.3, 0.4) is 0 Å². The predicted octanol–water partition coefficient (Wildman–Crippen LogP) is 3.05. The number of furan rings is 1. The zero-order chi connectivity index (χ0) is 11.4. The lowest BCUT2D eigenvalue weighted by atomic mass is 10.2. The van der Waals surface area contributed by atoms with Crippen molar-refractivity contribution in [3.05, 3.63) is 35.0 Å². The zero-order valence-electron chi connectivity index (χ0n) is 9.01. The van der Waals surface area contributed by atoms with Gasteiger partial charge in [0.15, 0.2) is 11.3 Å². The van der Waals surface area contributed by atoms with E-state index in [1.54, 1.807) is 0 Å². The minimum Gasteiger partial charge on any atom is -0.446 e. The highest BCUT2D eigenvalue weighted by Crippen LogP contribution is 2.25. The quantitative estimate of drug-likeness (QED) is 0.637. The van der Waals surface area contributed by atoms with Gasteiger partial charge in [-0.2, -0.15) is 0 Å². The lowest BCUT2D eigenvalue weighted by molar-refractivity contribution is 0.601. The van der Waals surface area contributed by atoms with Gasteiger partial charge in [-0.1, -0.05) is 36.6 Å². The van der Waals surface area contributed by atoms with Gasteiger partial charge >= 0.3 is 0 Å². The average Bonchev–Trinajstić information content (AvgIpc) is 2.69. The number of nitrogens with one attached hydrogen (secondary N) is 1. The van der Waals surface area contributed by atoms with Crippen molar-refractivity contribution >= 4 is 22.6 Å². The number of fused-ring (bicyclic) bond motifs is 1. The molecule has 0 atom stereocenters. The van der Waals surface area contributed by atoms with Crippen LogP contribution in [-0.4, -0.2) is 13.1 Å². The van der Waals surface area contributed by atoms with E-state index in [9.17, 15) is 0 Å². The monoisotopic (exact) mass is 233 g/mol. The number of hydrogen-bond acceptors (Lipinski definition) is 2. The standard InChI is InChI=1S/C13H12ClNO/c1-2-15-8-4-6-11-9-10-5-3-7-12(14)13(10)16-11/h3,5,7,9,15H,2,8H2,1H3. The van der Waals surface area contributed by atoms with Crippen molar-refractivity contribution in [3.8, 4) is 11.8 Å². The van der Waals surface area contributed by atoms with Crippen LogP contribution in [0.25, 0.3) is 11.0 Å². The van der Waals surface area contributed by atoms with Gasteiger partial charge in [0, 0.05) is 11.5 Å². The van der Waals surface area contributed by atoms with Crippen LogP contribution >= 0.6 is 11.6 Å². The molecular formula is C13H12ClNO. The Balaban J connectivity index is 2.25. The minimum atomic E-state index is 0.622. The summed E-state index contributed by atoms with van der Waals surface area (Å²) in [6, 6.07) is 7.57. The molecule has 0 spiro atoms. The maximum absolute atomic E-state index is 6.00. The second-order valence-corrected chi connectivity index (χ2v) is 3.76. The lowest BCUT2D eigenvalue weighted by Crippen LogP contribution is -2.11. The van der Waals surface area contributed by atoms with Crippen LogP contribution in [0.5, 0.6) is 0 Å². The smallest absolute Gasteiger partial charge is 0.178 e. The number of benzene rings is 1. The molecule has 0 bridgehead atoms. The summed E-state index contributed by atoms with van der Waals surface area (Å²) in [6.07, 6.45) is 0. The van der Waals surface area contributed by atoms with E-state index in [1.165, 1.54) is 0 Å². The van der Waals surface area contributed by atoms with Gasteiger partial charge in [-0.15, -0.1) is 0 Å². The molecule has 0 unspecified atom stereocenters. The number of halogens is 1. The van der Waals surface area contributed by atoms with Crippen molar-refractivity contribution in [1.29, 1.82) is 0 Å². The lowest BCUT2D eigenvalue weighted by Gasteiger charge is -1.89. The number of para-hydroxylation sites is 1. The predicted molar refractivity (Wildman–Crippen MR) is 66.6 cm³/mol. The van der Waals surface area contributed by atoms with Crippen LogP contribution < -0.4 is 5.32 Å². The topological polar surface area (TPSA) is 25.2 Å². The molecule has 2 nitrogen and oxygen atoms in total. The zero-order valence-corrected chi connectivity index (χ0v) is 9.77. The molecule has 0 radical (unpaired) electrons. The van der Waals surface area contributed by atoms with E-state index in [0.29, 0.717) is 22.9 Å². The first-order valence-electron chi connectivity index (χ1n) is 5.19. The van der Waals surface area contributed by atoms with Gasteiger partial charge < -0.3 is 9.73 Å². The van der Waals surface area contributed by atoms with Gasteiger partial charge in [0.25, 0.3) is 0 Å². The minimum absolute atomic E-state index is 0.622. The molecule has 0 fully saturated rings. The van der Waals surface area contributed by atoms with E-state index in [0.717, 1.165) is 11.9 Å². The Kier molecular flexibility index (Phi) is 3.51. The fraction of sp³-hybridized carbons (Fsp3) is 0.231. The molecule has 16 heavy (non-hydrogen) atoms. The Labute approximate surface area is 99.6 Å². The van der Waals surface area contributed by atoms with Crippen LogP contribution in [0, 0.1) is 11.8 Å². The molecule has 3 heteroatoms. The van der Waals surface area contributed by atoms with Crippen LogP contribution in [0.2, 0.25) is 5.02 Å². The van der Waals surface area contributed by atoms with Gasteiger partial charge in [0.2, 0.25) is 0 Å².